The minimum absolute atomic E-state index is 0.0439. The van der Waals surface area contributed by atoms with Crippen molar-refractivity contribution in [3.8, 4) is 0 Å². The van der Waals surface area contributed by atoms with E-state index in [2.05, 4.69) is 0 Å². The molecule has 0 fully saturated rings. The number of carbonyl (C=O) groups excluding carboxylic acids is 2. The molecule has 0 aliphatic heterocycles. The Morgan fingerprint density at radius 2 is 1.59 bits per heavy atom. The summed E-state index contributed by atoms with van der Waals surface area (Å²) < 4.78 is 0. The molecular formula is C14H15O3-. The molecule has 0 heterocycles. The summed E-state index contributed by atoms with van der Waals surface area (Å²) in [6, 6.07) is 0. The zero-order valence-corrected chi connectivity index (χ0v) is 10.5. The summed E-state index contributed by atoms with van der Waals surface area (Å²) in [4.78, 5) is 23.0. The number of carbonyl (C=O) groups is 2. The van der Waals surface area contributed by atoms with Gasteiger partial charge >= 0.3 is 0 Å². The number of carboxylic acids is 1. The van der Waals surface area contributed by atoms with Crippen molar-refractivity contribution in [1.29, 1.82) is 0 Å². The van der Waals surface area contributed by atoms with E-state index in [0.29, 0.717) is 11.1 Å². The number of benzene rings is 1. The molecule has 1 aromatic carbocycles. The lowest BCUT2D eigenvalue weighted by atomic mass is 9.87. The van der Waals surface area contributed by atoms with E-state index in [0.717, 1.165) is 22.3 Å². The zero-order chi connectivity index (χ0) is 12.9. The van der Waals surface area contributed by atoms with Crippen LogP contribution in [0.1, 0.15) is 50.5 Å². The molecule has 0 spiro atoms. The van der Waals surface area contributed by atoms with Crippen LogP contribution in [0.15, 0.2) is 0 Å². The Bertz CT molecular complexity index is 541. The third kappa shape index (κ3) is 1.49. The van der Waals surface area contributed by atoms with Gasteiger partial charge in [-0.05, 0) is 55.5 Å². The molecule has 0 radical (unpaired) electrons. The second-order valence-corrected chi connectivity index (χ2v) is 4.79. The van der Waals surface area contributed by atoms with Crippen LogP contribution in [0.2, 0.25) is 0 Å². The highest BCUT2D eigenvalue weighted by molar-refractivity contribution is 6.07. The van der Waals surface area contributed by atoms with Gasteiger partial charge in [-0.25, -0.2) is 0 Å². The highest BCUT2D eigenvalue weighted by atomic mass is 16.4. The van der Waals surface area contributed by atoms with Crippen LogP contribution in [0, 0.1) is 27.7 Å². The average molecular weight is 231 g/mol. The molecule has 0 saturated carbocycles. The van der Waals surface area contributed by atoms with Gasteiger partial charge in [0.1, 0.15) is 0 Å². The highest BCUT2D eigenvalue weighted by Crippen LogP contribution is 2.39. The van der Waals surface area contributed by atoms with E-state index < -0.39 is 11.9 Å². The molecule has 0 saturated heterocycles. The SMILES string of the molecule is Cc1c(C)c(C)c2c(c1C)C(=O)C[C@H]2C(=O)[O-]. The number of carboxylic acid groups (broad SMARTS) is 1. The van der Waals surface area contributed by atoms with E-state index >= 15 is 0 Å². The molecule has 1 aromatic rings. The van der Waals surface area contributed by atoms with Crippen molar-refractivity contribution in [2.75, 3.05) is 0 Å². The first-order valence-electron chi connectivity index (χ1n) is 5.70. The van der Waals surface area contributed by atoms with Crippen LogP contribution in [-0.4, -0.2) is 11.8 Å². The van der Waals surface area contributed by atoms with Crippen molar-refractivity contribution in [3.05, 3.63) is 33.4 Å². The summed E-state index contributed by atoms with van der Waals surface area (Å²) in [5.41, 5.74) is 5.27. The molecular weight excluding hydrogens is 216 g/mol. The van der Waals surface area contributed by atoms with Gasteiger partial charge in [0.05, 0.1) is 0 Å². The lowest BCUT2D eigenvalue weighted by Crippen LogP contribution is -2.29. The minimum atomic E-state index is -1.15. The molecule has 1 atom stereocenters. The maximum Gasteiger partial charge on any atom is 0.164 e. The maximum atomic E-state index is 11.9. The summed E-state index contributed by atoms with van der Waals surface area (Å²) in [5, 5.41) is 11.1. The topological polar surface area (TPSA) is 57.2 Å². The van der Waals surface area contributed by atoms with Crippen LogP contribution in [0.3, 0.4) is 0 Å². The fourth-order valence-electron chi connectivity index (χ4n) is 2.73. The van der Waals surface area contributed by atoms with Crippen LogP contribution in [0.4, 0.5) is 0 Å². The van der Waals surface area contributed by atoms with Crippen LogP contribution in [0.5, 0.6) is 0 Å². The molecule has 0 N–H and O–H groups in total. The van der Waals surface area contributed by atoms with Gasteiger partial charge in [0.15, 0.2) is 5.78 Å². The molecule has 0 aromatic heterocycles. The molecule has 17 heavy (non-hydrogen) atoms. The molecule has 3 nitrogen and oxygen atoms in total. The first kappa shape index (κ1) is 11.8. The predicted octanol–water partition coefficient (Wildman–Crippen LogP) is 1.34. The van der Waals surface area contributed by atoms with E-state index in [1.54, 1.807) is 0 Å². The third-order valence-corrected chi connectivity index (χ3v) is 4.04. The Kier molecular flexibility index (Phi) is 2.57. The molecule has 1 aliphatic carbocycles. The normalized spacial score (nSPS) is 18.4. The van der Waals surface area contributed by atoms with Crippen molar-refractivity contribution < 1.29 is 14.7 Å². The Morgan fingerprint density at radius 3 is 2.12 bits per heavy atom. The number of fused-ring (bicyclic) bond motifs is 1. The Hall–Kier alpha value is -1.64. The van der Waals surface area contributed by atoms with Gasteiger partial charge in [-0.1, -0.05) is 0 Å². The monoisotopic (exact) mass is 231 g/mol. The molecule has 0 bridgehead atoms. The van der Waals surface area contributed by atoms with Crippen molar-refractivity contribution in [1.82, 2.24) is 0 Å². The van der Waals surface area contributed by atoms with Crippen LogP contribution in [-0.2, 0) is 4.79 Å². The van der Waals surface area contributed by atoms with Gasteiger partial charge < -0.3 is 9.90 Å². The second kappa shape index (κ2) is 3.69. The lowest BCUT2D eigenvalue weighted by Gasteiger charge is -2.19. The van der Waals surface area contributed by atoms with Gasteiger partial charge in [0, 0.05) is 23.9 Å². The van der Waals surface area contributed by atoms with E-state index in [4.69, 9.17) is 0 Å². The molecule has 0 unspecified atom stereocenters. The van der Waals surface area contributed by atoms with Crippen molar-refractivity contribution in [2.24, 2.45) is 0 Å². The fourth-order valence-corrected chi connectivity index (χ4v) is 2.73. The number of hydrogen-bond donors (Lipinski definition) is 0. The highest BCUT2D eigenvalue weighted by Gasteiger charge is 2.34. The average Bonchev–Trinajstić information content (AvgIpc) is 2.61. The summed E-state index contributed by atoms with van der Waals surface area (Å²) in [6.45, 7) is 7.70. The molecule has 1 aliphatic rings. The van der Waals surface area contributed by atoms with E-state index in [-0.39, 0.29) is 12.2 Å². The first-order chi connectivity index (χ1) is 7.86. The van der Waals surface area contributed by atoms with Gasteiger partial charge in [0.2, 0.25) is 0 Å². The molecule has 90 valence electrons. The number of aliphatic carboxylic acids is 1. The summed E-state index contributed by atoms with van der Waals surface area (Å²) in [6.07, 6.45) is 0.0439. The predicted molar refractivity (Wildman–Crippen MR) is 62.1 cm³/mol. The molecule has 0 amide bonds. The maximum absolute atomic E-state index is 11.9. The number of ketones is 1. The first-order valence-corrected chi connectivity index (χ1v) is 5.70. The van der Waals surface area contributed by atoms with E-state index in [1.807, 2.05) is 27.7 Å². The third-order valence-electron chi connectivity index (χ3n) is 4.04. The van der Waals surface area contributed by atoms with E-state index in [9.17, 15) is 14.7 Å². The second-order valence-electron chi connectivity index (χ2n) is 4.79. The number of rotatable bonds is 1. The smallest absolute Gasteiger partial charge is 0.164 e. The Labute approximate surface area is 100 Å². The lowest BCUT2D eigenvalue weighted by molar-refractivity contribution is -0.307. The van der Waals surface area contributed by atoms with Crippen LogP contribution in [0.25, 0.3) is 0 Å². The standard InChI is InChI=1S/C14H16O3/c1-6-7(2)9(4)13-11(15)5-10(14(16)17)12(13)8(6)3/h10H,5H2,1-4H3,(H,16,17)/p-1/t10-/m1/s1. The number of hydrogen-bond acceptors (Lipinski definition) is 3. The largest absolute Gasteiger partial charge is 0.549 e. The quantitative estimate of drug-likeness (QED) is 0.732. The van der Waals surface area contributed by atoms with Gasteiger partial charge in [-0.15, -0.1) is 0 Å². The Morgan fingerprint density at radius 1 is 1.06 bits per heavy atom. The van der Waals surface area contributed by atoms with Gasteiger partial charge in [-0.2, -0.15) is 0 Å². The van der Waals surface area contributed by atoms with Crippen molar-refractivity contribution in [3.63, 3.8) is 0 Å². The summed E-state index contributed by atoms with van der Waals surface area (Å²) >= 11 is 0. The van der Waals surface area contributed by atoms with Gasteiger partial charge in [-0.3, -0.25) is 4.79 Å². The van der Waals surface area contributed by atoms with Gasteiger partial charge in [0.25, 0.3) is 0 Å². The zero-order valence-electron chi connectivity index (χ0n) is 10.5. The van der Waals surface area contributed by atoms with Crippen LogP contribution < -0.4 is 5.11 Å². The van der Waals surface area contributed by atoms with E-state index in [1.165, 1.54) is 0 Å². The summed E-state index contributed by atoms with van der Waals surface area (Å²) in [7, 11) is 0. The van der Waals surface area contributed by atoms with Crippen molar-refractivity contribution >= 4 is 11.8 Å². The van der Waals surface area contributed by atoms with Crippen LogP contribution >= 0.6 is 0 Å². The Balaban J connectivity index is 2.82. The fraction of sp³-hybridized carbons (Fsp3) is 0.429. The molecule has 2 rings (SSSR count). The summed E-state index contributed by atoms with van der Waals surface area (Å²) in [5.74, 6) is -1.99. The van der Waals surface area contributed by atoms with Crippen molar-refractivity contribution in [2.45, 2.75) is 40.0 Å². The molecule has 3 heteroatoms. The minimum Gasteiger partial charge on any atom is -0.549 e. The number of Topliss-reactive ketones (excluding diaryl/α,β-unsaturated/α-hetero) is 1.